The van der Waals surface area contributed by atoms with Gasteiger partial charge in [-0.2, -0.15) is 0 Å². The average molecular weight is 311 g/mol. The van der Waals surface area contributed by atoms with Crippen LogP contribution in [0, 0.1) is 6.92 Å². The van der Waals surface area contributed by atoms with Gasteiger partial charge >= 0.3 is 0 Å². The van der Waals surface area contributed by atoms with Gasteiger partial charge in [0.05, 0.1) is 12.8 Å². The van der Waals surface area contributed by atoms with Gasteiger partial charge in [-0.3, -0.25) is 4.79 Å². The van der Waals surface area contributed by atoms with Crippen molar-refractivity contribution < 1.29 is 14.3 Å². The first-order valence-corrected chi connectivity index (χ1v) is 7.85. The Labute approximate surface area is 136 Å². The van der Waals surface area contributed by atoms with Gasteiger partial charge in [0, 0.05) is 12.6 Å². The van der Waals surface area contributed by atoms with Gasteiger partial charge in [0.1, 0.15) is 11.5 Å². The minimum atomic E-state index is -0.0255. The summed E-state index contributed by atoms with van der Waals surface area (Å²) >= 11 is 0. The minimum Gasteiger partial charge on any atom is -0.497 e. The van der Waals surface area contributed by atoms with Crippen LogP contribution in [0.15, 0.2) is 42.5 Å². The lowest BCUT2D eigenvalue weighted by Gasteiger charge is -2.29. The largest absolute Gasteiger partial charge is 0.497 e. The molecule has 0 spiro atoms. The highest BCUT2D eigenvalue weighted by Crippen LogP contribution is 2.31. The number of ether oxygens (including phenoxy) is 2. The zero-order valence-corrected chi connectivity index (χ0v) is 13.5. The van der Waals surface area contributed by atoms with Crippen molar-refractivity contribution in [3.8, 4) is 11.5 Å². The second-order valence-electron chi connectivity index (χ2n) is 5.70. The number of benzene rings is 2. The Morgan fingerprint density at radius 3 is 2.83 bits per heavy atom. The number of fused-ring (bicyclic) bond motifs is 1. The standard InChI is InChI=1S/C19H21NO3/c1-14-6-3-4-8-18(14)23-13-19(21)20-11-5-7-15-9-10-16(22-2)12-17(15)20/h3-4,6,8-10,12H,5,7,11,13H2,1-2H3. The van der Waals surface area contributed by atoms with E-state index >= 15 is 0 Å². The van der Waals surface area contributed by atoms with E-state index in [0.717, 1.165) is 42.1 Å². The summed E-state index contributed by atoms with van der Waals surface area (Å²) in [5.41, 5.74) is 3.15. The molecule has 0 atom stereocenters. The number of methoxy groups -OCH3 is 1. The molecule has 0 fully saturated rings. The lowest BCUT2D eigenvalue weighted by molar-refractivity contribution is -0.120. The maximum absolute atomic E-state index is 12.6. The molecule has 2 aromatic carbocycles. The molecule has 3 rings (SSSR count). The van der Waals surface area contributed by atoms with Crippen LogP contribution in [-0.4, -0.2) is 26.2 Å². The van der Waals surface area contributed by atoms with Crippen molar-refractivity contribution in [2.75, 3.05) is 25.2 Å². The zero-order valence-electron chi connectivity index (χ0n) is 13.5. The average Bonchev–Trinajstić information content (AvgIpc) is 2.59. The number of hydrogen-bond acceptors (Lipinski definition) is 3. The fraction of sp³-hybridized carbons (Fsp3) is 0.316. The van der Waals surface area contributed by atoms with E-state index in [2.05, 4.69) is 0 Å². The Morgan fingerprint density at radius 2 is 2.04 bits per heavy atom. The lowest BCUT2D eigenvalue weighted by Crippen LogP contribution is -2.38. The van der Waals surface area contributed by atoms with Crippen LogP contribution in [0.2, 0.25) is 0 Å². The molecule has 0 radical (unpaired) electrons. The molecule has 0 bridgehead atoms. The third-order valence-electron chi connectivity index (χ3n) is 4.16. The number of anilines is 1. The number of hydrogen-bond donors (Lipinski definition) is 0. The molecule has 0 N–H and O–H groups in total. The summed E-state index contributed by atoms with van der Waals surface area (Å²) in [5.74, 6) is 1.49. The van der Waals surface area contributed by atoms with Crippen molar-refractivity contribution in [3.05, 3.63) is 53.6 Å². The topological polar surface area (TPSA) is 38.8 Å². The molecule has 0 saturated carbocycles. The molecule has 0 aromatic heterocycles. The fourth-order valence-corrected chi connectivity index (χ4v) is 2.88. The van der Waals surface area contributed by atoms with Gasteiger partial charge in [-0.1, -0.05) is 24.3 Å². The first kappa shape index (κ1) is 15.4. The zero-order chi connectivity index (χ0) is 16.2. The van der Waals surface area contributed by atoms with E-state index in [9.17, 15) is 4.79 Å². The minimum absolute atomic E-state index is 0.0255. The number of nitrogens with zero attached hydrogens (tertiary/aromatic N) is 1. The van der Waals surface area contributed by atoms with Crippen molar-refractivity contribution in [2.24, 2.45) is 0 Å². The summed E-state index contributed by atoms with van der Waals surface area (Å²) in [6.45, 7) is 2.73. The molecule has 2 aromatic rings. The van der Waals surface area contributed by atoms with Gasteiger partial charge < -0.3 is 14.4 Å². The van der Waals surface area contributed by atoms with E-state index in [0.29, 0.717) is 0 Å². The highest BCUT2D eigenvalue weighted by atomic mass is 16.5. The van der Waals surface area contributed by atoms with Crippen molar-refractivity contribution in [1.82, 2.24) is 0 Å². The Bertz CT molecular complexity index is 712. The number of rotatable bonds is 4. The third kappa shape index (κ3) is 3.31. The Kier molecular flexibility index (Phi) is 4.51. The van der Waals surface area contributed by atoms with Crippen LogP contribution in [0.5, 0.6) is 11.5 Å². The van der Waals surface area contributed by atoms with Gasteiger partial charge in [0.25, 0.3) is 5.91 Å². The third-order valence-corrected chi connectivity index (χ3v) is 4.16. The molecule has 1 aliphatic rings. The number of aryl methyl sites for hydroxylation is 2. The number of carbonyl (C=O) groups is 1. The van der Waals surface area contributed by atoms with Crippen LogP contribution >= 0.6 is 0 Å². The highest BCUT2D eigenvalue weighted by Gasteiger charge is 2.23. The van der Waals surface area contributed by atoms with E-state index < -0.39 is 0 Å². The van der Waals surface area contributed by atoms with E-state index in [1.165, 1.54) is 5.56 Å². The normalized spacial score (nSPS) is 13.4. The Hall–Kier alpha value is -2.49. The van der Waals surface area contributed by atoms with E-state index in [-0.39, 0.29) is 12.5 Å². The maximum Gasteiger partial charge on any atom is 0.264 e. The predicted octanol–water partition coefficient (Wildman–Crippen LogP) is 3.36. The van der Waals surface area contributed by atoms with Gasteiger partial charge in [0.15, 0.2) is 6.61 Å². The van der Waals surface area contributed by atoms with E-state index in [1.807, 2.05) is 49.4 Å². The van der Waals surface area contributed by atoms with E-state index in [4.69, 9.17) is 9.47 Å². The number of carbonyl (C=O) groups excluding carboxylic acids is 1. The molecule has 4 heteroatoms. The molecule has 120 valence electrons. The Morgan fingerprint density at radius 1 is 1.22 bits per heavy atom. The quantitative estimate of drug-likeness (QED) is 0.869. The highest BCUT2D eigenvalue weighted by molar-refractivity contribution is 5.95. The number of amides is 1. The molecule has 4 nitrogen and oxygen atoms in total. The molecule has 23 heavy (non-hydrogen) atoms. The summed E-state index contributed by atoms with van der Waals surface area (Å²) in [6.07, 6.45) is 1.96. The van der Waals surface area contributed by atoms with Crippen LogP contribution in [0.25, 0.3) is 0 Å². The first-order chi connectivity index (χ1) is 11.2. The SMILES string of the molecule is COc1ccc2c(c1)N(C(=O)COc1ccccc1C)CCC2. The van der Waals surface area contributed by atoms with Crippen molar-refractivity contribution in [2.45, 2.75) is 19.8 Å². The predicted molar refractivity (Wildman–Crippen MR) is 90.3 cm³/mol. The molecule has 1 heterocycles. The Balaban J connectivity index is 1.75. The maximum atomic E-state index is 12.6. The molecule has 1 aliphatic heterocycles. The molecule has 1 amide bonds. The lowest BCUT2D eigenvalue weighted by atomic mass is 10.0. The van der Waals surface area contributed by atoms with Crippen molar-refractivity contribution in [3.63, 3.8) is 0 Å². The first-order valence-electron chi connectivity index (χ1n) is 7.85. The second kappa shape index (κ2) is 6.73. The van der Waals surface area contributed by atoms with Gasteiger partial charge in [-0.15, -0.1) is 0 Å². The molecule has 0 unspecified atom stereocenters. The molecule has 0 aliphatic carbocycles. The monoisotopic (exact) mass is 311 g/mol. The molecular formula is C19H21NO3. The van der Waals surface area contributed by atoms with Crippen LogP contribution in [0.4, 0.5) is 5.69 Å². The van der Waals surface area contributed by atoms with Gasteiger partial charge in [-0.05, 0) is 43.0 Å². The van der Waals surface area contributed by atoms with Crippen LogP contribution < -0.4 is 14.4 Å². The number of para-hydroxylation sites is 1. The summed E-state index contributed by atoms with van der Waals surface area (Å²) in [7, 11) is 1.64. The van der Waals surface area contributed by atoms with E-state index in [1.54, 1.807) is 12.0 Å². The second-order valence-corrected chi connectivity index (χ2v) is 5.70. The molecular weight excluding hydrogens is 290 g/mol. The molecule has 0 saturated heterocycles. The fourth-order valence-electron chi connectivity index (χ4n) is 2.88. The van der Waals surface area contributed by atoms with Crippen molar-refractivity contribution >= 4 is 11.6 Å². The van der Waals surface area contributed by atoms with Crippen molar-refractivity contribution in [1.29, 1.82) is 0 Å². The van der Waals surface area contributed by atoms with Crippen LogP contribution in [0.1, 0.15) is 17.5 Å². The van der Waals surface area contributed by atoms with Crippen LogP contribution in [0.3, 0.4) is 0 Å². The van der Waals surface area contributed by atoms with Crippen LogP contribution in [-0.2, 0) is 11.2 Å². The smallest absolute Gasteiger partial charge is 0.264 e. The summed E-state index contributed by atoms with van der Waals surface area (Å²) in [6, 6.07) is 13.6. The summed E-state index contributed by atoms with van der Waals surface area (Å²) < 4.78 is 11.0. The summed E-state index contributed by atoms with van der Waals surface area (Å²) in [4.78, 5) is 14.4. The summed E-state index contributed by atoms with van der Waals surface area (Å²) in [5, 5.41) is 0. The van der Waals surface area contributed by atoms with Gasteiger partial charge in [-0.25, -0.2) is 0 Å². The van der Waals surface area contributed by atoms with Gasteiger partial charge in [0.2, 0.25) is 0 Å².